The molecular formula is C98H124Cl2FN13O18. The summed E-state index contributed by atoms with van der Waals surface area (Å²) >= 11 is 12.2. The number of carboxylic acids is 1. The number of halogens is 3. The lowest BCUT2D eigenvalue weighted by molar-refractivity contribution is -0.160. The van der Waals surface area contributed by atoms with Crippen LogP contribution in [0.3, 0.4) is 0 Å². The Bertz CT molecular complexity index is 5840. The number of phenols is 3. The summed E-state index contributed by atoms with van der Waals surface area (Å²) in [7, 11) is 5.44. The first-order valence-corrected chi connectivity index (χ1v) is 45.4. The summed E-state index contributed by atoms with van der Waals surface area (Å²) in [5.74, 6) is -9.89. The molecule has 8 heterocycles. The summed E-state index contributed by atoms with van der Waals surface area (Å²) in [4.78, 5) is 80.6. The Labute approximate surface area is 777 Å². The number of fused-ring (bicyclic) bond motifs is 16. The molecule has 8 aliphatic rings. The summed E-state index contributed by atoms with van der Waals surface area (Å²) < 4.78 is 48.4. The molecule has 0 saturated carbocycles. The standard InChI is InChI=1S/C43H58N4O12.C27H22Cl2N4.C18H20FN3O4.C10H24N2O2/c1-21-12-11-13-22(2)42(55)45-33-28(20-44-47-17-15-46(9)16-18-47)37(52)30-31(38(33)53)36(51)26(6)40-32(30)41(54)43(8,59-40)57-19-14-29(56-10)23(3)39(58-27(7)48)25(5)35(50)24(4)34(21)49;1-17(2)30-24-16-27-25(15-23(24)31-20-11-7-18(28)8-12-20)32-22-5-3-4-6-26(22)33(27)21-13-9-19(29)10-14-21;1-10-9-26-17-14-11(16(23)12(18(24)25)8-22(10)14)7-13(19)15(17)21-5-3-20(2)4-6-21;1-3-9(7-13)11-5-6-12-10(4-2)8-14/h11-14,19-21,23-25,29,34-35,39,49-53H,15-18H2,1-10H3,(H,45,55);3-17,31H,1-2H3;7-8,10H,3-6,9H2,1-2H3,(H,24,25);9-14H,3-8H2,1-2H3/b12-11+,19-14+,22-13-,44-20-;;;/t21-,23-,24-,25+,29+,34-,35+,39-,43+;;10-;9-,10-/m1.00/s1. The largest absolute Gasteiger partial charge is 0.507 e. The van der Waals surface area contributed by atoms with Gasteiger partial charge in [0, 0.05) is 172 Å². The van der Waals surface area contributed by atoms with Crippen LogP contribution in [-0.2, 0) is 23.8 Å². The number of carboxylic acid groups (broad SMARTS) is 1. The molecule has 7 aromatic rings. The van der Waals surface area contributed by atoms with Crippen molar-refractivity contribution in [3.05, 3.63) is 187 Å². The number of methoxy groups -OCH3 is 1. The number of aliphatic hydroxyl groups excluding tert-OH is 4. The number of ketones is 1. The first-order chi connectivity index (χ1) is 62.9. The smallest absolute Gasteiger partial charge is 0.341 e. The number of hydrazone groups is 1. The number of anilines is 4. The Hall–Kier alpha value is -11.3. The predicted molar refractivity (Wildman–Crippen MR) is 512 cm³/mol. The van der Waals surface area contributed by atoms with E-state index in [0.29, 0.717) is 53.2 Å². The molecule has 0 spiro atoms. The third-order valence-electron chi connectivity index (χ3n) is 24.8. The molecule has 0 unspecified atom stereocenters. The van der Waals surface area contributed by atoms with Crippen LogP contribution in [0, 0.1) is 36.4 Å². The lowest BCUT2D eigenvalue weighted by Crippen LogP contribution is -2.46. The third kappa shape index (κ3) is 23.1. The molecule has 31 nitrogen and oxygen atoms in total. The number of likely N-dealkylation sites (N-methyl/N-ethyl adjacent to an activating group) is 2. The number of esters is 1. The number of hydrogen-bond donors (Lipinski definition) is 12. The van der Waals surface area contributed by atoms with Crippen molar-refractivity contribution >= 4 is 109 Å². The summed E-state index contributed by atoms with van der Waals surface area (Å²) in [6.07, 6.45) is 8.08. The van der Waals surface area contributed by atoms with E-state index in [4.69, 9.17) is 67.1 Å². The van der Waals surface area contributed by atoms with E-state index in [9.17, 15) is 59.0 Å². The number of carbonyl (C=O) groups excluding carboxylic acids is 3. The van der Waals surface area contributed by atoms with Crippen LogP contribution in [0.15, 0.2) is 148 Å². The molecule has 12 N–H and O–H groups in total. The van der Waals surface area contributed by atoms with Gasteiger partial charge >= 0.3 is 17.7 Å². The highest BCUT2D eigenvalue weighted by Crippen LogP contribution is 2.55. The van der Waals surface area contributed by atoms with Crippen molar-refractivity contribution in [3.63, 3.8) is 0 Å². The Morgan fingerprint density at radius 1 is 0.780 bits per heavy atom. The second-order valence-electron chi connectivity index (χ2n) is 34.7. The number of para-hydroxylation sites is 2. The summed E-state index contributed by atoms with van der Waals surface area (Å²) in [5.41, 5.74) is 6.02. The first kappa shape index (κ1) is 101. The monoisotopic (exact) mass is 1860 g/mol. The number of nitrogens with zero attached hydrogens (tertiary/aromatic N) is 9. The fraction of sp³-hybridized carbons (Fsp3) is 0.449. The maximum Gasteiger partial charge on any atom is 0.341 e. The van der Waals surface area contributed by atoms with Crippen LogP contribution in [0.5, 0.6) is 28.7 Å². The molecular weight excluding hydrogens is 1740 g/mol. The van der Waals surface area contributed by atoms with Gasteiger partial charge in [0.05, 0.1) is 117 Å². The van der Waals surface area contributed by atoms with Gasteiger partial charge in [0.25, 0.3) is 11.7 Å². The van der Waals surface area contributed by atoms with Crippen molar-refractivity contribution in [1.29, 1.82) is 0 Å². The Kier molecular flexibility index (Phi) is 34.5. The van der Waals surface area contributed by atoms with E-state index < -0.39 is 106 Å². The predicted octanol–water partition coefficient (Wildman–Crippen LogP) is 13.1. The summed E-state index contributed by atoms with van der Waals surface area (Å²) in [5, 5.41) is 106. The molecule has 6 aromatic carbocycles. The highest BCUT2D eigenvalue weighted by Gasteiger charge is 2.50. The van der Waals surface area contributed by atoms with Crippen molar-refractivity contribution in [2.45, 2.75) is 157 Å². The van der Waals surface area contributed by atoms with E-state index in [1.54, 1.807) is 49.4 Å². The molecule has 7 aliphatic heterocycles. The molecule has 1 aliphatic carbocycles. The zero-order valence-electron chi connectivity index (χ0n) is 77.6. The minimum absolute atomic E-state index is 0.0434. The molecule has 1 amide bonds. The van der Waals surface area contributed by atoms with Gasteiger partial charge in [0.15, 0.2) is 17.3 Å². The van der Waals surface area contributed by atoms with Crippen LogP contribution in [0.25, 0.3) is 49.8 Å². The number of Topliss-reactive ketones (excluding diaryl/α,β-unsaturated/α-hetero) is 1. The Morgan fingerprint density at radius 2 is 1.40 bits per heavy atom. The lowest BCUT2D eigenvalue weighted by Gasteiger charge is -2.38. The number of amides is 1. The Balaban J connectivity index is 0.000000192. The third-order valence-corrected chi connectivity index (χ3v) is 25.3. The number of aliphatic hydroxyl groups is 4. The number of allylic oxidation sites excluding steroid dienone is 2. The quantitative estimate of drug-likeness (QED) is 0.00893. The maximum absolute atomic E-state index is 15.0. The van der Waals surface area contributed by atoms with E-state index in [1.165, 1.54) is 65.6 Å². The van der Waals surface area contributed by atoms with E-state index in [-0.39, 0.29) is 99.4 Å². The molecule has 15 rings (SSSR count). The molecule has 1 aromatic heterocycles. The number of piperazine rings is 2. The number of rotatable bonds is 19. The molecule has 2 fully saturated rings. The van der Waals surface area contributed by atoms with Crippen molar-refractivity contribution in [3.8, 4) is 45.8 Å². The van der Waals surface area contributed by atoms with Gasteiger partial charge < -0.3 is 110 Å². The van der Waals surface area contributed by atoms with Crippen molar-refractivity contribution < 1.29 is 88.1 Å². The van der Waals surface area contributed by atoms with Gasteiger partial charge in [-0.05, 0) is 146 Å². The van der Waals surface area contributed by atoms with Crippen LogP contribution < -0.4 is 46.4 Å². The van der Waals surface area contributed by atoms with E-state index >= 15 is 0 Å². The highest BCUT2D eigenvalue weighted by molar-refractivity contribution is 6.31. The minimum Gasteiger partial charge on any atom is -0.507 e. The molecule has 2 saturated heterocycles. The average Bonchev–Trinajstić information content (AvgIpc) is 1.62. The molecule has 5 bridgehead atoms. The number of phenolic OH excluding ortho intramolecular Hbond substituents is 3. The average molecular weight is 1860 g/mol. The van der Waals surface area contributed by atoms with Crippen LogP contribution in [0.1, 0.15) is 134 Å². The second-order valence-corrected chi connectivity index (χ2v) is 35.6. The molecule has 34 heteroatoms. The molecule has 710 valence electrons. The first-order valence-electron chi connectivity index (χ1n) is 44.6. The SMILES string of the molecule is CC(C)N=c1cc2n(-c3ccc(Cl)cc3)c3ccccc3nc-2cc1Nc1ccc(Cl)cc1.CC[C@@H](CO)NCCN[C@@H](CC)CO.CO[C@H]1/C=C/O[C@@]2(C)Oc3c(C)c(O)c4c(O)c(c(/C=N\N5CCN(C)CC5)c(O)c4c3C2=O)NC(=O)/C(C)=C\C=C\[C@@H](C)[C@@H](O)[C@@H](C)[C@H](O)[C@H](C)[C@H](OC(C)=O)[C@@H]1C.C[C@H]1COc2c(N3CCN(C)CC3)c(F)cc3c(=O)c(C(=O)O)cn1c23. The van der Waals surface area contributed by atoms with Crippen molar-refractivity contribution in [2.75, 3.05) is 122 Å². The number of pyridine rings is 1. The van der Waals surface area contributed by atoms with Gasteiger partial charge in [0.2, 0.25) is 5.43 Å². The Morgan fingerprint density at radius 3 is 2.00 bits per heavy atom. The second kappa shape index (κ2) is 45.0. The zero-order chi connectivity index (χ0) is 96.0. The number of aromatic hydroxyl groups is 3. The van der Waals surface area contributed by atoms with Gasteiger partial charge in [-0.2, -0.15) is 5.10 Å². The number of benzene rings is 7. The van der Waals surface area contributed by atoms with Crippen molar-refractivity contribution in [1.82, 2.24) is 39.6 Å². The topological polar surface area (TPSA) is 402 Å². The fourth-order valence-corrected chi connectivity index (χ4v) is 17.0. The van der Waals surface area contributed by atoms with Crippen LogP contribution >= 0.6 is 23.2 Å². The molecule has 0 radical (unpaired) electrons. The summed E-state index contributed by atoms with van der Waals surface area (Å²) in [6.45, 7) is 30.4. The van der Waals surface area contributed by atoms with Crippen LogP contribution in [0.2, 0.25) is 10.0 Å². The van der Waals surface area contributed by atoms with Gasteiger partial charge in [-0.25, -0.2) is 14.2 Å². The van der Waals surface area contributed by atoms with Gasteiger partial charge in [-0.3, -0.25) is 29.2 Å². The lowest BCUT2D eigenvalue weighted by atomic mass is 9.78. The zero-order valence-corrected chi connectivity index (χ0v) is 79.1. The number of hydrogen-bond acceptors (Lipinski definition) is 27. The van der Waals surface area contributed by atoms with Gasteiger partial charge in [0.1, 0.15) is 41.2 Å². The number of nitrogens with one attached hydrogen (secondary N) is 4. The molecule has 12 atom stereocenters. The van der Waals surface area contributed by atoms with Crippen LogP contribution in [-0.4, -0.2) is 254 Å². The maximum atomic E-state index is 15.0. The van der Waals surface area contributed by atoms with E-state index in [1.807, 2.05) is 106 Å². The number of aromatic carboxylic acids is 1. The summed E-state index contributed by atoms with van der Waals surface area (Å²) in [6, 6.07) is 29.3. The highest BCUT2D eigenvalue weighted by atomic mass is 35.5. The van der Waals surface area contributed by atoms with Crippen LogP contribution in [0.4, 0.5) is 27.1 Å². The van der Waals surface area contributed by atoms with Crippen molar-refractivity contribution in [2.24, 2.45) is 33.8 Å². The molecule has 132 heavy (non-hydrogen) atoms. The number of carbonyl (C=O) groups is 4. The normalized spacial score (nSPS) is 23.0. The minimum atomic E-state index is -2.04. The van der Waals surface area contributed by atoms with E-state index in [0.717, 1.165) is 103 Å². The van der Waals surface area contributed by atoms with E-state index in [2.05, 4.69) is 72.8 Å². The fourth-order valence-electron chi connectivity index (χ4n) is 16.7. The number of ether oxygens (including phenoxy) is 5. The number of aromatic nitrogens is 3. The van der Waals surface area contributed by atoms with Gasteiger partial charge in [-0.15, -0.1) is 0 Å². The van der Waals surface area contributed by atoms with Gasteiger partial charge in [-0.1, -0.05) is 95.1 Å².